The van der Waals surface area contributed by atoms with Crippen LogP contribution < -0.4 is 14.2 Å². The van der Waals surface area contributed by atoms with E-state index in [1.54, 1.807) is 25.3 Å². The highest BCUT2D eigenvalue weighted by Gasteiger charge is 2.12. The molecular weight excluding hydrogens is 222 g/mol. The molecular formula is C12H15NO4. The van der Waals surface area contributed by atoms with Crippen LogP contribution in [0.2, 0.25) is 0 Å². The normalized spacial score (nSPS) is 10.2. The number of nitrogens with zero attached hydrogens (tertiary/aromatic N) is 1. The zero-order chi connectivity index (χ0) is 12.7. The lowest BCUT2D eigenvalue weighted by Gasteiger charge is -2.12. The van der Waals surface area contributed by atoms with E-state index in [0.717, 1.165) is 0 Å². The van der Waals surface area contributed by atoms with Crippen LogP contribution in [0.4, 0.5) is 0 Å². The van der Waals surface area contributed by atoms with Crippen LogP contribution in [0.15, 0.2) is 29.9 Å². The van der Waals surface area contributed by atoms with Gasteiger partial charge in [-0.05, 0) is 0 Å². The maximum absolute atomic E-state index is 8.62. The molecule has 0 heterocycles. The van der Waals surface area contributed by atoms with E-state index in [0.29, 0.717) is 29.4 Å². The molecule has 0 fully saturated rings. The second kappa shape index (κ2) is 6.42. The van der Waals surface area contributed by atoms with Crippen LogP contribution >= 0.6 is 0 Å². The van der Waals surface area contributed by atoms with Gasteiger partial charge < -0.3 is 19.4 Å². The van der Waals surface area contributed by atoms with E-state index < -0.39 is 0 Å². The van der Waals surface area contributed by atoms with Crippen molar-refractivity contribution < 1.29 is 19.4 Å². The summed E-state index contributed by atoms with van der Waals surface area (Å²) >= 11 is 0. The highest BCUT2D eigenvalue weighted by molar-refractivity contribution is 5.87. The number of hydrogen-bond donors (Lipinski definition) is 1. The Hall–Kier alpha value is -2.17. The Morgan fingerprint density at radius 3 is 2.53 bits per heavy atom. The molecule has 0 aliphatic carbocycles. The summed E-state index contributed by atoms with van der Waals surface area (Å²) in [5.41, 5.74) is 0.539. The molecule has 0 aliphatic rings. The summed E-state index contributed by atoms with van der Waals surface area (Å²) in [5.74, 6) is 1.59. The van der Waals surface area contributed by atoms with Gasteiger partial charge >= 0.3 is 0 Å². The minimum Gasteiger partial charge on any atom is -0.496 e. The molecule has 0 saturated carbocycles. The average Bonchev–Trinajstić information content (AvgIpc) is 2.37. The van der Waals surface area contributed by atoms with E-state index in [4.69, 9.17) is 19.4 Å². The highest BCUT2D eigenvalue weighted by atomic mass is 16.5. The van der Waals surface area contributed by atoms with Crippen molar-refractivity contribution in [3.8, 4) is 17.2 Å². The van der Waals surface area contributed by atoms with Crippen LogP contribution in [0, 0.1) is 0 Å². The summed E-state index contributed by atoms with van der Waals surface area (Å²) in [6, 6.07) is 3.36. The Morgan fingerprint density at radius 1 is 1.29 bits per heavy atom. The van der Waals surface area contributed by atoms with Gasteiger partial charge in [0, 0.05) is 12.1 Å². The van der Waals surface area contributed by atoms with Crippen LogP contribution in [0.1, 0.15) is 5.56 Å². The molecule has 0 atom stereocenters. The lowest BCUT2D eigenvalue weighted by atomic mass is 10.2. The van der Waals surface area contributed by atoms with Crippen molar-refractivity contribution in [2.45, 2.75) is 0 Å². The molecule has 1 N–H and O–H groups in total. The van der Waals surface area contributed by atoms with Gasteiger partial charge in [-0.3, -0.25) is 0 Å². The molecule has 1 rings (SSSR count). The monoisotopic (exact) mass is 237 g/mol. The van der Waals surface area contributed by atoms with Gasteiger partial charge in [0.1, 0.15) is 23.9 Å². The first-order valence-corrected chi connectivity index (χ1v) is 4.94. The summed E-state index contributed by atoms with van der Waals surface area (Å²) in [6.07, 6.45) is 2.86. The molecule has 17 heavy (non-hydrogen) atoms. The topological polar surface area (TPSA) is 60.3 Å². The Morgan fingerprint density at radius 2 is 2.00 bits per heavy atom. The SMILES string of the molecule is C=CCOc1cc(OC)cc(OC)c1/C=N\O. The molecule has 0 bridgehead atoms. The lowest BCUT2D eigenvalue weighted by molar-refractivity contribution is 0.320. The molecule has 0 radical (unpaired) electrons. The zero-order valence-corrected chi connectivity index (χ0v) is 9.84. The molecule has 0 aromatic heterocycles. The fourth-order valence-corrected chi connectivity index (χ4v) is 1.32. The third-order valence-corrected chi connectivity index (χ3v) is 2.08. The van der Waals surface area contributed by atoms with Crippen LogP contribution in [-0.2, 0) is 0 Å². The fraction of sp³-hybridized carbons (Fsp3) is 0.250. The summed E-state index contributed by atoms with van der Waals surface area (Å²) in [4.78, 5) is 0. The van der Waals surface area contributed by atoms with E-state index in [9.17, 15) is 0 Å². The second-order valence-corrected chi connectivity index (χ2v) is 3.09. The van der Waals surface area contributed by atoms with Gasteiger partial charge in [-0.1, -0.05) is 17.8 Å². The third-order valence-electron chi connectivity index (χ3n) is 2.08. The Kier molecular flexibility index (Phi) is 4.87. The van der Waals surface area contributed by atoms with Crippen LogP contribution in [0.25, 0.3) is 0 Å². The number of hydrogen-bond acceptors (Lipinski definition) is 5. The Labute approximate surface area is 99.9 Å². The maximum atomic E-state index is 8.62. The van der Waals surface area contributed by atoms with Crippen molar-refractivity contribution in [1.82, 2.24) is 0 Å². The third kappa shape index (κ3) is 3.14. The first-order chi connectivity index (χ1) is 8.26. The molecule has 5 heteroatoms. The van der Waals surface area contributed by atoms with Crippen molar-refractivity contribution in [3.63, 3.8) is 0 Å². The first kappa shape index (κ1) is 12.9. The maximum Gasteiger partial charge on any atom is 0.136 e. The molecule has 0 aliphatic heterocycles. The molecule has 5 nitrogen and oxygen atoms in total. The number of rotatable bonds is 6. The zero-order valence-electron chi connectivity index (χ0n) is 9.84. The smallest absolute Gasteiger partial charge is 0.136 e. The predicted molar refractivity (Wildman–Crippen MR) is 64.6 cm³/mol. The Bertz CT molecular complexity index is 415. The van der Waals surface area contributed by atoms with Crippen molar-refractivity contribution in [3.05, 3.63) is 30.4 Å². The first-order valence-electron chi connectivity index (χ1n) is 4.94. The summed E-state index contributed by atoms with van der Waals surface area (Å²) in [6.45, 7) is 3.90. The van der Waals surface area contributed by atoms with Crippen LogP contribution in [-0.4, -0.2) is 32.2 Å². The largest absolute Gasteiger partial charge is 0.496 e. The van der Waals surface area contributed by atoms with Crippen molar-refractivity contribution in [2.24, 2.45) is 5.16 Å². The van der Waals surface area contributed by atoms with Gasteiger partial charge in [-0.2, -0.15) is 0 Å². The highest BCUT2D eigenvalue weighted by Crippen LogP contribution is 2.32. The second-order valence-electron chi connectivity index (χ2n) is 3.09. The quantitative estimate of drug-likeness (QED) is 0.356. The number of oxime groups is 1. The van der Waals surface area contributed by atoms with Gasteiger partial charge in [0.05, 0.1) is 26.0 Å². The fourth-order valence-electron chi connectivity index (χ4n) is 1.32. The average molecular weight is 237 g/mol. The minimum atomic E-state index is 0.336. The van der Waals surface area contributed by atoms with Gasteiger partial charge in [0.2, 0.25) is 0 Å². The van der Waals surface area contributed by atoms with Gasteiger partial charge in [-0.15, -0.1) is 0 Å². The molecule has 0 amide bonds. The Balaban J connectivity index is 3.24. The van der Waals surface area contributed by atoms with Gasteiger partial charge in [0.15, 0.2) is 0 Å². The van der Waals surface area contributed by atoms with E-state index in [-0.39, 0.29) is 0 Å². The molecule has 0 spiro atoms. The van der Waals surface area contributed by atoms with Gasteiger partial charge in [0.25, 0.3) is 0 Å². The molecule has 1 aromatic carbocycles. The predicted octanol–water partition coefficient (Wildman–Crippen LogP) is 2.08. The van der Waals surface area contributed by atoms with Crippen molar-refractivity contribution in [2.75, 3.05) is 20.8 Å². The lowest BCUT2D eigenvalue weighted by Crippen LogP contribution is -2.01. The summed E-state index contributed by atoms with van der Waals surface area (Å²) in [5, 5.41) is 11.6. The summed E-state index contributed by atoms with van der Waals surface area (Å²) < 4.78 is 15.7. The minimum absolute atomic E-state index is 0.336. The standard InChI is InChI=1S/C12H15NO4/c1-4-5-17-12-7-9(15-2)6-11(16-3)10(12)8-13-14/h4,6-8,14H,1,5H2,2-3H3/b13-8-. The molecule has 92 valence electrons. The molecule has 1 aromatic rings. The number of ether oxygens (including phenoxy) is 3. The summed E-state index contributed by atoms with van der Waals surface area (Å²) in [7, 11) is 3.06. The van der Waals surface area contributed by atoms with E-state index in [1.807, 2.05) is 0 Å². The van der Waals surface area contributed by atoms with E-state index in [1.165, 1.54) is 13.3 Å². The van der Waals surface area contributed by atoms with Crippen molar-refractivity contribution >= 4 is 6.21 Å². The number of benzene rings is 1. The molecule has 0 saturated heterocycles. The van der Waals surface area contributed by atoms with E-state index >= 15 is 0 Å². The number of methoxy groups -OCH3 is 2. The molecule has 0 unspecified atom stereocenters. The van der Waals surface area contributed by atoms with E-state index in [2.05, 4.69) is 11.7 Å². The van der Waals surface area contributed by atoms with Crippen molar-refractivity contribution in [1.29, 1.82) is 0 Å². The van der Waals surface area contributed by atoms with Crippen LogP contribution in [0.5, 0.6) is 17.2 Å². The van der Waals surface area contributed by atoms with Crippen LogP contribution in [0.3, 0.4) is 0 Å². The van der Waals surface area contributed by atoms with Gasteiger partial charge in [-0.25, -0.2) is 0 Å².